The molecule has 1 atom stereocenters. The van der Waals surface area contributed by atoms with E-state index in [0.29, 0.717) is 35.6 Å². The van der Waals surface area contributed by atoms with Crippen LogP contribution in [0.3, 0.4) is 0 Å². The first-order chi connectivity index (χ1) is 14.3. The van der Waals surface area contributed by atoms with E-state index in [1.165, 1.54) is 12.8 Å². The Morgan fingerprint density at radius 1 is 1.40 bits per heavy atom. The molecule has 1 aliphatic carbocycles. The van der Waals surface area contributed by atoms with Gasteiger partial charge in [0.15, 0.2) is 11.6 Å². The molecule has 3 N–H and O–H groups in total. The lowest BCUT2D eigenvalue weighted by atomic mass is 10.2. The predicted octanol–water partition coefficient (Wildman–Crippen LogP) is 3.64. The van der Waals surface area contributed by atoms with Crippen molar-refractivity contribution in [3.8, 4) is 12.3 Å². The summed E-state index contributed by atoms with van der Waals surface area (Å²) in [6, 6.07) is 1.97. The van der Waals surface area contributed by atoms with E-state index in [1.54, 1.807) is 6.20 Å². The number of rotatable bonds is 5. The molecule has 0 bridgehead atoms. The number of nitrogens with one attached hydrogen (secondary N) is 3. The maximum absolute atomic E-state index is 12.0. The molecule has 1 saturated heterocycles. The molecule has 0 aromatic carbocycles. The molecule has 4 rings (SSSR count). The van der Waals surface area contributed by atoms with Gasteiger partial charge in [0.25, 0.3) is 0 Å². The number of carbonyl (C=O) groups excluding carboxylic acids is 1. The first-order valence-corrected chi connectivity index (χ1v) is 10.2. The number of aromatic nitrogens is 4. The highest BCUT2D eigenvalue weighted by molar-refractivity contribution is 5.68. The van der Waals surface area contributed by atoms with E-state index in [9.17, 15) is 4.79 Å². The van der Waals surface area contributed by atoms with Crippen molar-refractivity contribution >= 4 is 23.7 Å². The van der Waals surface area contributed by atoms with Crippen LogP contribution in [0, 0.1) is 12.3 Å². The Morgan fingerprint density at radius 2 is 2.20 bits per heavy atom. The van der Waals surface area contributed by atoms with Gasteiger partial charge in [0.1, 0.15) is 5.60 Å². The topological polar surface area (TPSA) is 108 Å². The van der Waals surface area contributed by atoms with E-state index in [2.05, 4.69) is 36.7 Å². The second-order valence-electron chi connectivity index (χ2n) is 8.76. The zero-order chi connectivity index (χ0) is 21.3. The Labute approximate surface area is 180 Å². The zero-order valence-electron chi connectivity index (χ0n) is 17.5. The van der Waals surface area contributed by atoms with Gasteiger partial charge in [-0.25, -0.2) is 9.78 Å². The van der Waals surface area contributed by atoms with Gasteiger partial charge in [0, 0.05) is 35.0 Å². The Kier molecular flexibility index (Phi) is 5.24. The van der Waals surface area contributed by atoms with Gasteiger partial charge >= 0.3 is 6.09 Å². The lowest BCUT2D eigenvalue weighted by molar-refractivity contribution is 0.0509. The zero-order valence-corrected chi connectivity index (χ0v) is 17.5. The van der Waals surface area contributed by atoms with Crippen LogP contribution in [0.5, 0.6) is 0 Å². The standard InChI is InChI=1S/C21H27N7O2.3H2/c1-5-13-11-22-19(25-18(13)24-17-10-16(26-27-17)14-6-7-14)28-9-8-15(12-28)23-20(29)30-21(2,3)4;;;/h1,10-11,14-15H,6-9,12H2,2-4H3,(H,23,29)(H2,22,24,25,26,27);3*1H/t15-;;;/m1.../s1. The summed E-state index contributed by atoms with van der Waals surface area (Å²) in [6.07, 6.45) is 10.0. The van der Waals surface area contributed by atoms with Crippen LogP contribution < -0.4 is 15.5 Å². The van der Waals surface area contributed by atoms with Crippen molar-refractivity contribution in [2.75, 3.05) is 23.3 Å². The minimum absolute atomic E-state index is 0. The Hall–Kier alpha value is -3.28. The second kappa shape index (κ2) is 7.86. The van der Waals surface area contributed by atoms with Gasteiger partial charge in [-0.2, -0.15) is 10.1 Å². The summed E-state index contributed by atoms with van der Waals surface area (Å²) in [4.78, 5) is 23.1. The summed E-state index contributed by atoms with van der Waals surface area (Å²) in [5.41, 5.74) is 1.17. The molecule has 0 spiro atoms. The maximum Gasteiger partial charge on any atom is 0.407 e. The molecule has 1 aliphatic heterocycles. The van der Waals surface area contributed by atoms with Crippen molar-refractivity contribution in [1.29, 1.82) is 0 Å². The number of amides is 1. The van der Waals surface area contributed by atoms with Crippen LogP contribution in [-0.4, -0.2) is 51.0 Å². The third kappa shape index (κ3) is 4.82. The van der Waals surface area contributed by atoms with Crippen molar-refractivity contribution in [2.24, 2.45) is 0 Å². The molecule has 164 valence electrons. The molecular weight excluding hydrogens is 382 g/mol. The number of alkyl carbamates (subject to hydrolysis) is 1. The first kappa shape index (κ1) is 20.0. The van der Waals surface area contributed by atoms with E-state index < -0.39 is 11.7 Å². The smallest absolute Gasteiger partial charge is 0.407 e. The van der Waals surface area contributed by atoms with Crippen LogP contribution in [0.15, 0.2) is 12.3 Å². The highest BCUT2D eigenvalue weighted by Gasteiger charge is 2.28. The van der Waals surface area contributed by atoms with Gasteiger partial charge in [-0.1, -0.05) is 5.92 Å². The van der Waals surface area contributed by atoms with E-state index in [4.69, 9.17) is 11.2 Å². The van der Waals surface area contributed by atoms with Crippen LogP contribution in [0.2, 0.25) is 0 Å². The lowest BCUT2D eigenvalue weighted by Crippen LogP contribution is -2.40. The predicted molar refractivity (Wildman–Crippen MR) is 120 cm³/mol. The number of anilines is 3. The van der Waals surface area contributed by atoms with Gasteiger partial charge in [0.2, 0.25) is 5.95 Å². The largest absolute Gasteiger partial charge is 0.444 e. The van der Waals surface area contributed by atoms with Gasteiger partial charge in [-0.05, 0) is 40.0 Å². The van der Waals surface area contributed by atoms with E-state index in [1.807, 2.05) is 31.7 Å². The summed E-state index contributed by atoms with van der Waals surface area (Å²) < 4.78 is 5.34. The summed E-state index contributed by atoms with van der Waals surface area (Å²) in [5, 5.41) is 13.5. The monoisotopic (exact) mass is 415 g/mol. The van der Waals surface area contributed by atoms with Gasteiger partial charge in [0.05, 0.1) is 17.8 Å². The molecule has 2 aliphatic rings. The van der Waals surface area contributed by atoms with Crippen molar-refractivity contribution in [1.82, 2.24) is 25.5 Å². The van der Waals surface area contributed by atoms with E-state index in [-0.39, 0.29) is 10.3 Å². The number of hydrogen-bond donors (Lipinski definition) is 3. The Balaban J connectivity index is 0.00000181. The quantitative estimate of drug-likeness (QED) is 0.640. The van der Waals surface area contributed by atoms with Crippen LogP contribution in [-0.2, 0) is 4.74 Å². The summed E-state index contributed by atoms with van der Waals surface area (Å²) in [5.74, 6) is 4.98. The fourth-order valence-electron chi connectivity index (χ4n) is 3.39. The molecular formula is C21H33N7O2. The number of hydrogen-bond acceptors (Lipinski definition) is 7. The molecule has 1 saturated carbocycles. The average Bonchev–Trinajstić information content (AvgIpc) is 3.24. The molecule has 9 heteroatoms. The minimum atomic E-state index is -0.525. The van der Waals surface area contributed by atoms with Gasteiger partial charge in [-0.15, -0.1) is 6.42 Å². The average molecular weight is 416 g/mol. The van der Waals surface area contributed by atoms with Gasteiger partial charge in [-0.3, -0.25) is 5.10 Å². The third-order valence-corrected chi connectivity index (χ3v) is 4.98. The number of aromatic amines is 1. The van der Waals surface area contributed by atoms with Gasteiger partial charge < -0.3 is 20.3 Å². The number of ether oxygens (including phenoxy) is 1. The minimum Gasteiger partial charge on any atom is -0.444 e. The number of carbonyl (C=O) groups is 1. The fourth-order valence-corrected chi connectivity index (χ4v) is 3.39. The highest BCUT2D eigenvalue weighted by Crippen LogP contribution is 2.39. The summed E-state index contributed by atoms with van der Waals surface area (Å²) >= 11 is 0. The fraction of sp³-hybridized carbons (Fsp3) is 0.524. The molecule has 0 radical (unpaired) electrons. The van der Waals surface area contributed by atoms with Crippen molar-refractivity contribution in [3.05, 3.63) is 23.5 Å². The SMILES string of the molecule is C#Cc1cnc(N2CC[C@@H](NC(=O)OC(C)(C)C)C2)nc1Nc1cc(C2CC2)[nH]n1.[HH].[HH].[HH]. The molecule has 2 aromatic heterocycles. The molecule has 2 aromatic rings. The molecule has 2 fully saturated rings. The van der Waals surface area contributed by atoms with Crippen molar-refractivity contribution in [3.63, 3.8) is 0 Å². The summed E-state index contributed by atoms with van der Waals surface area (Å²) in [7, 11) is 0. The summed E-state index contributed by atoms with van der Waals surface area (Å²) in [6.45, 7) is 6.85. The molecule has 1 amide bonds. The highest BCUT2D eigenvalue weighted by atomic mass is 16.6. The Bertz CT molecular complexity index is 983. The third-order valence-electron chi connectivity index (χ3n) is 4.98. The molecule has 3 heterocycles. The van der Waals surface area contributed by atoms with Crippen LogP contribution in [0.4, 0.5) is 22.4 Å². The molecule has 9 nitrogen and oxygen atoms in total. The molecule has 30 heavy (non-hydrogen) atoms. The van der Waals surface area contributed by atoms with Crippen LogP contribution >= 0.6 is 0 Å². The van der Waals surface area contributed by atoms with E-state index in [0.717, 1.165) is 18.7 Å². The number of terminal acetylenes is 1. The van der Waals surface area contributed by atoms with Crippen LogP contribution in [0.1, 0.15) is 61.5 Å². The van der Waals surface area contributed by atoms with Crippen molar-refractivity contribution in [2.45, 2.75) is 57.6 Å². The first-order valence-electron chi connectivity index (χ1n) is 10.2. The lowest BCUT2D eigenvalue weighted by Gasteiger charge is -2.22. The Morgan fingerprint density at radius 3 is 2.90 bits per heavy atom. The second-order valence-corrected chi connectivity index (χ2v) is 8.76. The van der Waals surface area contributed by atoms with Crippen LogP contribution in [0.25, 0.3) is 0 Å². The number of nitrogens with zero attached hydrogens (tertiary/aromatic N) is 4. The van der Waals surface area contributed by atoms with E-state index >= 15 is 0 Å². The number of H-pyrrole nitrogens is 1. The maximum atomic E-state index is 12.0. The normalized spacial score (nSPS) is 18.7. The molecule has 0 unspecified atom stereocenters. The van der Waals surface area contributed by atoms with Crippen molar-refractivity contribution < 1.29 is 13.8 Å².